The number of amides is 2. The summed E-state index contributed by atoms with van der Waals surface area (Å²) in [5.41, 5.74) is 2.98. The fourth-order valence-electron chi connectivity index (χ4n) is 3.83. The molecule has 0 aromatic heterocycles. The van der Waals surface area contributed by atoms with E-state index in [0.29, 0.717) is 25.3 Å². The van der Waals surface area contributed by atoms with Crippen molar-refractivity contribution in [3.8, 4) is 5.75 Å². The summed E-state index contributed by atoms with van der Waals surface area (Å²) in [5, 5.41) is 3.03. The molecular formula is C29H33BrN2O3. The molecule has 3 aromatic carbocycles. The predicted molar refractivity (Wildman–Crippen MR) is 143 cm³/mol. The fourth-order valence-corrected chi connectivity index (χ4v) is 4.27. The lowest BCUT2D eigenvalue weighted by atomic mass is 10.0. The van der Waals surface area contributed by atoms with Crippen LogP contribution in [0.2, 0.25) is 0 Å². The van der Waals surface area contributed by atoms with Crippen LogP contribution in [0.4, 0.5) is 0 Å². The molecule has 0 aliphatic rings. The van der Waals surface area contributed by atoms with Crippen molar-refractivity contribution < 1.29 is 14.3 Å². The quantitative estimate of drug-likeness (QED) is 0.302. The summed E-state index contributed by atoms with van der Waals surface area (Å²) >= 11 is 3.51. The van der Waals surface area contributed by atoms with Crippen LogP contribution in [0.15, 0.2) is 83.3 Å². The minimum atomic E-state index is -0.665. The van der Waals surface area contributed by atoms with Crippen LogP contribution in [-0.4, -0.2) is 35.9 Å². The molecule has 0 aliphatic heterocycles. The molecule has 0 radical (unpaired) electrons. The first-order chi connectivity index (χ1) is 17.0. The molecule has 1 atom stereocenters. The van der Waals surface area contributed by atoms with E-state index in [-0.39, 0.29) is 18.4 Å². The van der Waals surface area contributed by atoms with Crippen molar-refractivity contribution in [3.05, 3.63) is 100 Å². The number of carbonyl (C=O) groups is 2. The van der Waals surface area contributed by atoms with E-state index in [4.69, 9.17) is 4.74 Å². The Balaban J connectivity index is 1.88. The van der Waals surface area contributed by atoms with Crippen LogP contribution >= 0.6 is 15.9 Å². The summed E-state index contributed by atoms with van der Waals surface area (Å²) in [4.78, 5) is 28.6. The van der Waals surface area contributed by atoms with Gasteiger partial charge in [-0.2, -0.15) is 0 Å². The molecule has 0 aliphatic carbocycles. The van der Waals surface area contributed by atoms with Gasteiger partial charge in [-0.05, 0) is 54.3 Å². The molecule has 0 spiro atoms. The van der Waals surface area contributed by atoms with Gasteiger partial charge in [0.05, 0.1) is 0 Å². The molecule has 35 heavy (non-hydrogen) atoms. The topological polar surface area (TPSA) is 58.6 Å². The van der Waals surface area contributed by atoms with E-state index in [1.165, 1.54) is 0 Å². The SMILES string of the molecule is CCCCNC(=O)C(Cc1ccccc1)N(Cc1cccc(Br)c1)C(=O)COc1cccc(C)c1. The first-order valence-corrected chi connectivity index (χ1v) is 12.8. The molecule has 0 fully saturated rings. The summed E-state index contributed by atoms with van der Waals surface area (Å²) in [7, 11) is 0. The van der Waals surface area contributed by atoms with Gasteiger partial charge >= 0.3 is 0 Å². The summed E-state index contributed by atoms with van der Waals surface area (Å²) in [6, 6.07) is 24.5. The van der Waals surface area contributed by atoms with E-state index in [9.17, 15) is 9.59 Å². The van der Waals surface area contributed by atoms with Crippen LogP contribution in [-0.2, 0) is 22.6 Å². The van der Waals surface area contributed by atoms with E-state index in [1.54, 1.807) is 4.90 Å². The summed E-state index contributed by atoms with van der Waals surface area (Å²) in [5.74, 6) is 0.243. The minimum Gasteiger partial charge on any atom is -0.484 e. The summed E-state index contributed by atoms with van der Waals surface area (Å²) in [6.45, 7) is 4.79. The second-order valence-electron chi connectivity index (χ2n) is 8.61. The third-order valence-corrected chi connectivity index (χ3v) is 6.19. The largest absolute Gasteiger partial charge is 0.484 e. The van der Waals surface area contributed by atoms with Gasteiger partial charge in [0.2, 0.25) is 5.91 Å². The van der Waals surface area contributed by atoms with Gasteiger partial charge in [0.25, 0.3) is 5.91 Å². The van der Waals surface area contributed by atoms with Gasteiger partial charge in [-0.1, -0.05) is 83.9 Å². The van der Waals surface area contributed by atoms with Crippen LogP contribution in [0.1, 0.15) is 36.5 Å². The number of halogens is 1. The molecule has 6 heteroatoms. The average molecular weight is 537 g/mol. The predicted octanol–water partition coefficient (Wildman–Crippen LogP) is 5.69. The normalized spacial score (nSPS) is 11.5. The number of carbonyl (C=O) groups excluding carboxylic acids is 2. The van der Waals surface area contributed by atoms with Crippen molar-refractivity contribution in [2.75, 3.05) is 13.2 Å². The highest BCUT2D eigenvalue weighted by molar-refractivity contribution is 9.10. The number of benzene rings is 3. The van der Waals surface area contributed by atoms with Crippen LogP contribution in [0, 0.1) is 6.92 Å². The molecule has 1 N–H and O–H groups in total. The minimum absolute atomic E-state index is 0.148. The monoisotopic (exact) mass is 536 g/mol. The van der Waals surface area contributed by atoms with Crippen molar-refractivity contribution in [1.82, 2.24) is 10.2 Å². The first kappa shape index (κ1) is 26.5. The molecule has 0 heterocycles. The zero-order valence-corrected chi connectivity index (χ0v) is 22.0. The summed E-state index contributed by atoms with van der Waals surface area (Å²) < 4.78 is 6.76. The highest BCUT2D eigenvalue weighted by Gasteiger charge is 2.30. The van der Waals surface area contributed by atoms with Crippen molar-refractivity contribution in [2.45, 2.75) is 45.7 Å². The number of unbranched alkanes of at least 4 members (excludes halogenated alkanes) is 1. The molecule has 3 aromatic rings. The van der Waals surface area contributed by atoms with Gasteiger partial charge in [-0.15, -0.1) is 0 Å². The molecule has 1 unspecified atom stereocenters. The van der Waals surface area contributed by atoms with E-state index in [2.05, 4.69) is 28.2 Å². The Morgan fingerprint density at radius 1 is 0.971 bits per heavy atom. The Labute approximate surface area is 216 Å². The number of aryl methyl sites for hydroxylation is 1. The second-order valence-corrected chi connectivity index (χ2v) is 9.52. The van der Waals surface area contributed by atoms with Crippen molar-refractivity contribution in [3.63, 3.8) is 0 Å². The highest BCUT2D eigenvalue weighted by Crippen LogP contribution is 2.19. The zero-order chi connectivity index (χ0) is 25.0. The van der Waals surface area contributed by atoms with E-state index in [0.717, 1.165) is 34.0 Å². The Morgan fingerprint density at radius 2 is 1.71 bits per heavy atom. The van der Waals surface area contributed by atoms with Crippen molar-refractivity contribution >= 4 is 27.7 Å². The van der Waals surface area contributed by atoms with Crippen LogP contribution in [0.25, 0.3) is 0 Å². The standard InChI is InChI=1S/C29H33BrN2O3/c1-3-4-16-31-29(34)27(19-23-11-6-5-7-12-23)32(20-24-13-9-14-25(30)18-24)28(33)21-35-26-15-8-10-22(2)17-26/h5-15,17-18,27H,3-4,16,19-21H2,1-2H3,(H,31,34). The third kappa shape index (κ3) is 8.55. The zero-order valence-electron chi connectivity index (χ0n) is 20.4. The molecule has 3 rings (SSSR count). The Hall–Kier alpha value is -3.12. The molecule has 0 bridgehead atoms. The van der Waals surface area contributed by atoms with Gasteiger partial charge in [0, 0.05) is 24.0 Å². The van der Waals surface area contributed by atoms with Crippen LogP contribution in [0.3, 0.4) is 0 Å². The van der Waals surface area contributed by atoms with E-state index < -0.39 is 6.04 Å². The second kappa shape index (κ2) is 13.7. The van der Waals surface area contributed by atoms with Gasteiger partial charge in [0.15, 0.2) is 6.61 Å². The number of nitrogens with zero attached hydrogens (tertiary/aromatic N) is 1. The van der Waals surface area contributed by atoms with E-state index >= 15 is 0 Å². The first-order valence-electron chi connectivity index (χ1n) is 12.0. The van der Waals surface area contributed by atoms with Gasteiger partial charge in [0.1, 0.15) is 11.8 Å². The maximum absolute atomic E-state index is 13.6. The molecule has 5 nitrogen and oxygen atoms in total. The lowest BCUT2D eigenvalue weighted by molar-refractivity contribution is -0.142. The molecule has 0 saturated carbocycles. The average Bonchev–Trinajstić information content (AvgIpc) is 2.85. The fraction of sp³-hybridized carbons (Fsp3) is 0.310. The number of ether oxygens (including phenoxy) is 1. The smallest absolute Gasteiger partial charge is 0.261 e. The third-order valence-electron chi connectivity index (χ3n) is 5.69. The maximum atomic E-state index is 13.6. The molecule has 2 amide bonds. The number of hydrogen-bond donors (Lipinski definition) is 1. The highest BCUT2D eigenvalue weighted by atomic mass is 79.9. The van der Waals surface area contributed by atoms with Crippen LogP contribution < -0.4 is 10.1 Å². The van der Waals surface area contributed by atoms with Crippen LogP contribution in [0.5, 0.6) is 5.75 Å². The number of rotatable bonds is 12. The van der Waals surface area contributed by atoms with Gasteiger partial charge in [-0.3, -0.25) is 9.59 Å². The Kier molecular flexibility index (Phi) is 10.4. The van der Waals surface area contributed by atoms with E-state index in [1.807, 2.05) is 85.8 Å². The van der Waals surface area contributed by atoms with Crippen molar-refractivity contribution in [1.29, 1.82) is 0 Å². The summed E-state index contributed by atoms with van der Waals surface area (Å²) in [6.07, 6.45) is 2.29. The maximum Gasteiger partial charge on any atom is 0.261 e. The Bertz CT molecular complexity index is 1100. The lowest BCUT2D eigenvalue weighted by Crippen LogP contribution is -2.51. The van der Waals surface area contributed by atoms with Gasteiger partial charge < -0.3 is 15.0 Å². The Morgan fingerprint density at radius 3 is 2.43 bits per heavy atom. The van der Waals surface area contributed by atoms with Crippen molar-refractivity contribution in [2.24, 2.45) is 0 Å². The number of hydrogen-bond acceptors (Lipinski definition) is 3. The number of nitrogens with one attached hydrogen (secondary N) is 1. The molecule has 184 valence electrons. The molecule has 0 saturated heterocycles. The lowest BCUT2D eigenvalue weighted by Gasteiger charge is -2.31. The molecular weight excluding hydrogens is 504 g/mol. The van der Waals surface area contributed by atoms with Gasteiger partial charge in [-0.25, -0.2) is 0 Å².